The monoisotopic (exact) mass is 310 g/mol. The number of carbonyl (C=O) groups excluding carboxylic acids is 1. The van der Waals surface area contributed by atoms with Crippen LogP contribution in [0.15, 0.2) is 18.2 Å². The highest BCUT2D eigenvalue weighted by Crippen LogP contribution is 2.26. The summed E-state index contributed by atoms with van der Waals surface area (Å²) in [5.41, 5.74) is 0.957. The molecule has 1 amide bonds. The van der Waals surface area contributed by atoms with Crippen LogP contribution < -0.4 is 0 Å². The molecule has 114 valence electrons. The number of halogens is 1. The van der Waals surface area contributed by atoms with Crippen LogP contribution >= 0.6 is 11.6 Å². The van der Waals surface area contributed by atoms with Crippen molar-refractivity contribution >= 4 is 23.2 Å². The molecule has 1 aliphatic rings. The van der Waals surface area contributed by atoms with Crippen molar-refractivity contribution in [3.8, 4) is 0 Å². The summed E-state index contributed by atoms with van der Waals surface area (Å²) in [4.78, 5) is 25.0. The second-order valence-electron chi connectivity index (χ2n) is 5.38. The van der Waals surface area contributed by atoms with Gasteiger partial charge in [-0.1, -0.05) is 6.07 Å². The molecule has 0 bridgehead atoms. The van der Waals surface area contributed by atoms with E-state index in [4.69, 9.17) is 11.6 Å². The fraction of sp³-hybridized carbons (Fsp3) is 0.533. The normalized spacial score (nSPS) is 18.0. The number of nitro benzene ring substituents is 1. The maximum atomic E-state index is 12.6. The Morgan fingerprint density at radius 1 is 1.52 bits per heavy atom. The third-order valence-electron chi connectivity index (χ3n) is 3.96. The van der Waals surface area contributed by atoms with E-state index in [-0.39, 0.29) is 17.6 Å². The van der Waals surface area contributed by atoms with E-state index in [2.05, 4.69) is 0 Å². The van der Waals surface area contributed by atoms with Crippen molar-refractivity contribution in [1.29, 1.82) is 0 Å². The van der Waals surface area contributed by atoms with Gasteiger partial charge in [-0.15, -0.1) is 11.6 Å². The predicted octanol–water partition coefficient (Wildman–Crippen LogP) is 3.53. The maximum absolute atomic E-state index is 12.6. The molecule has 6 heteroatoms. The SMILES string of the molecule is Cc1ccc(C(=O)N2CCCC2CCCCl)cc1[N+](=O)[O-]. The second kappa shape index (κ2) is 6.89. The third kappa shape index (κ3) is 3.53. The zero-order valence-corrected chi connectivity index (χ0v) is 12.8. The summed E-state index contributed by atoms with van der Waals surface area (Å²) in [6.45, 7) is 2.39. The average Bonchev–Trinajstić information content (AvgIpc) is 2.92. The van der Waals surface area contributed by atoms with E-state index < -0.39 is 4.92 Å². The van der Waals surface area contributed by atoms with Crippen LogP contribution in [0.5, 0.6) is 0 Å². The average molecular weight is 311 g/mol. The number of benzene rings is 1. The minimum absolute atomic E-state index is 0.00245. The summed E-state index contributed by atoms with van der Waals surface area (Å²) in [5.74, 6) is 0.476. The number of rotatable bonds is 5. The van der Waals surface area contributed by atoms with Crippen molar-refractivity contribution in [2.75, 3.05) is 12.4 Å². The van der Waals surface area contributed by atoms with Gasteiger partial charge in [0.2, 0.25) is 0 Å². The van der Waals surface area contributed by atoms with Gasteiger partial charge in [0.1, 0.15) is 0 Å². The smallest absolute Gasteiger partial charge is 0.273 e. The van der Waals surface area contributed by atoms with Gasteiger partial charge in [0.15, 0.2) is 0 Å². The third-order valence-corrected chi connectivity index (χ3v) is 4.23. The molecule has 1 aromatic carbocycles. The Hall–Kier alpha value is -1.62. The van der Waals surface area contributed by atoms with Crippen LogP contribution in [-0.4, -0.2) is 34.2 Å². The van der Waals surface area contributed by atoms with E-state index in [1.54, 1.807) is 19.1 Å². The Balaban J connectivity index is 2.19. The van der Waals surface area contributed by atoms with E-state index in [1.807, 2.05) is 4.90 Å². The number of aryl methyl sites for hydroxylation is 1. The molecule has 2 rings (SSSR count). The zero-order valence-electron chi connectivity index (χ0n) is 12.0. The van der Waals surface area contributed by atoms with Gasteiger partial charge in [-0.05, 0) is 38.7 Å². The zero-order chi connectivity index (χ0) is 15.4. The van der Waals surface area contributed by atoms with Gasteiger partial charge in [0, 0.05) is 35.7 Å². The molecule has 0 radical (unpaired) electrons. The standard InChI is InChI=1S/C15H19ClN2O3/c1-11-6-7-12(10-14(11)18(20)21)15(19)17-9-3-5-13(17)4-2-8-16/h6-7,10,13H,2-5,8-9H2,1H3. The van der Waals surface area contributed by atoms with Gasteiger partial charge in [-0.2, -0.15) is 0 Å². The fourth-order valence-electron chi connectivity index (χ4n) is 2.82. The van der Waals surface area contributed by atoms with E-state index in [0.29, 0.717) is 23.6 Å². The summed E-state index contributed by atoms with van der Waals surface area (Å²) in [6.07, 6.45) is 3.73. The maximum Gasteiger partial charge on any atom is 0.273 e. The van der Waals surface area contributed by atoms with Crippen molar-refractivity contribution in [3.63, 3.8) is 0 Å². The molecular formula is C15H19ClN2O3. The Bertz CT molecular complexity index is 548. The van der Waals surface area contributed by atoms with E-state index in [1.165, 1.54) is 6.07 Å². The van der Waals surface area contributed by atoms with Crippen molar-refractivity contribution in [2.24, 2.45) is 0 Å². The Morgan fingerprint density at radius 3 is 2.95 bits per heavy atom. The highest BCUT2D eigenvalue weighted by molar-refractivity contribution is 6.17. The second-order valence-corrected chi connectivity index (χ2v) is 5.76. The number of nitro groups is 1. The molecule has 21 heavy (non-hydrogen) atoms. The Morgan fingerprint density at radius 2 is 2.29 bits per heavy atom. The van der Waals surface area contributed by atoms with E-state index in [0.717, 1.165) is 25.7 Å². The molecule has 0 aromatic heterocycles. The molecule has 0 saturated carbocycles. The van der Waals surface area contributed by atoms with Gasteiger partial charge in [0.05, 0.1) is 4.92 Å². The first kappa shape index (κ1) is 15.8. The van der Waals surface area contributed by atoms with Crippen LogP contribution in [-0.2, 0) is 0 Å². The first-order valence-corrected chi connectivity index (χ1v) is 7.70. The number of carbonyl (C=O) groups is 1. The molecule has 0 N–H and O–H groups in total. The van der Waals surface area contributed by atoms with Crippen molar-refractivity contribution in [1.82, 2.24) is 4.90 Å². The van der Waals surface area contributed by atoms with Gasteiger partial charge in [-0.3, -0.25) is 14.9 Å². The summed E-state index contributed by atoms with van der Waals surface area (Å²) in [5, 5.41) is 11.0. The number of alkyl halides is 1. The van der Waals surface area contributed by atoms with Crippen LogP contribution in [0, 0.1) is 17.0 Å². The summed E-state index contributed by atoms with van der Waals surface area (Å²) < 4.78 is 0. The summed E-state index contributed by atoms with van der Waals surface area (Å²) in [7, 11) is 0. The number of likely N-dealkylation sites (tertiary alicyclic amines) is 1. The first-order valence-electron chi connectivity index (χ1n) is 7.16. The molecule has 1 heterocycles. The lowest BCUT2D eigenvalue weighted by atomic mass is 10.1. The predicted molar refractivity (Wildman–Crippen MR) is 81.8 cm³/mol. The van der Waals surface area contributed by atoms with Gasteiger partial charge >= 0.3 is 0 Å². The number of nitrogens with zero attached hydrogens (tertiary/aromatic N) is 2. The molecular weight excluding hydrogens is 292 g/mol. The van der Waals surface area contributed by atoms with Crippen molar-refractivity contribution < 1.29 is 9.72 Å². The molecule has 1 fully saturated rings. The minimum atomic E-state index is -0.443. The van der Waals surface area contributed by atoms with Crippen LogP contribution in [0.2, 0.25) is 0 Å². The molecule has 5 nitrogen and oxygen atoms in total. The molecule has 1 saturated heterocycles. The van der Waals surface area contributed by atoms with Gasteiger partial charge in [0.25, 0.3) is 11.6 Å². The molecule has 0 aliphatic carbocycles. The minimum Gasteiger partial charge on any atom is -0.336 e. The molecule has 0 spiro atoms. The Kier molecular flexibility index (Phi) is 5.17. The fourth-order valence-corrected chi connectivity index (χ4v) is 2.98. The number of hydrogen-bond acceptors (Lipinski definition) is 3. The van der Waals surface area contributed by atoms with Gasteiger partial charge < -0.3 is 4.90 Å². The lowest BCUT2D eigenvalue weighted by Gasteiger charge is -2.24. The summed E-state index contributed by atoms with van der Waals surface area (Å²) >= 11 is 5.72. The topological polar surface area (TPSA) is 63.5 Å². The number of amides is 1. The first-order chi connectivity index (χ1) is 10.0. The lowest BCUT2D eigenvalue weighted by molar-refractivity contribution is -0.385. The molecule has 1 aliphatic heterocycles. The highest BCUT2D eigenvalue weighted by atomic mass is 35.5. The summed E-state index contributed by atoms with van der Waals surface area (Å²) in [6, 6.07) is 4.89. The molecule has 1 aromatic rings. The van der Waals surface area contributed by atoms with Gasteiger partial charge in [-0.25, -0.2) is 0 Å². The van der Waals surface area contributed by atoms with Crippen LogP contribution in [0.3, 0.4) is 0 Å². The van der Waals surface area contributed by atoms with Crippen molar-refractivity contribution in [3.05, 3.63) is 39.4 Å². The quantitative estimate of drug-likeness (QED) is 0.475. The van der Waals surface area contributed by atoms with Crippen molar-refractivity contribution in [2.45, 2.75) is 38.6 Å². The van der Waals surface area contributed by atoms with E-state index in [9.17, 15) is 14.9 Å². The van der Waals surface area contributed by atoms with Crippen LogP contribution in [0.4, 0.5) is 5.69 Å². The lowest BCUT2D eigenvalue weighted by Crippen LogP contribution is -2.35. The number of hydrogen-bond donors (Lipinski definition) is 0. The van der Waals surface area contributed by atoms with E-state index >= 15 is 0 Å². The molecule has 1 atom stereocenters. The Labute approximate surface area is 129 Å². The van der Waals surface area contributed by atoms with Crippen LogP contribution in [0.25, 0.3) is 0 Å². The largest absolute Gasteiger partial charge is 0.336 e. The molecule has 1 unspecified atom stereocenters. The highest BCUT2D eigenvalue weighted by Gasteiger charge is 2.29. The van der Waals surface area contributed by atoms with Crippen LogP contribution in [0.1, 0.15) is 41.6 Å².